The Labute approximate surface area is 80.7 Å². The van der Waals surface area contributed by atoms with Gasteiger partial charge in [0.05, 0.1) is 18.8 Å². The van der Waals surface area contributed by atoms with Gasteiger partial charge in [-0.1, -0.05) is 12.8 Å². The van der Waals surface area contributed by atoms with Gasteiger partial charge in [-0.2, -0.15) is 5.48 Å². The molecule has 3 heteroatoms. The van der Waals surface area contributed by atoms with Crippen LogP contribution in [0.2, 0.25) is 0 Å². The molecule has 0 spiro atoms. The molecule has 0 saturated heterocycles. The average Bonchev–Trinajstić information content (AvgIpc) is 2.64. The lowest BCUT2D eigenvalue weighted by Gasteiger charge is -2.17. The summed E-state index contributed by atoms with van der Waals surface area (Å²) in [6.45, 7) is 5.58. The monoisotopic (exact) mass is 187 g/mol. The number of ether oxygens (including phenoxy) is 1. The zero-order valence-electron chi connectivity index (χ0n) is 8.71. The van der Waals surface area contributed by atoms with E-state index in [-0.39, 0.29) is 0 Å². The van der Waals surface area contributed by atoms with Gasteiger partial charge in [-0.3, -0.25) is 4.84 Å². The van der Waals surface area contributed by atoms with Crippen LogP contribution in [0, 0.1) is 0 Å². The van der Waals surface area contributed by atoms with Crippen LogP contribution in [-0.2, 0) is 9.57 Å². The third-order valence-electron chi connectivity index (χ3n) is 2.31. The lowest BCUT2D eigenvalue weighted by atomic mass is 10.3. The van der Waals surface area contributed by atoms with Gasteiger partial charge in [-0.05, 0) is 26.7 Å². The van der Waals surface area contributed by atoms with Crippen LogP contribution in [0.1, 0.15) is 39.5 Å². The second kappa shape index (κ2) is 6.35. The molecule has 0 amide bonds. The minimum absolute atomic E-state index is 0.292. The average molecular weight is 187 g/mol. The molecule has 0 bridgehead atoms. The van der Waals surface area contributed by atoms with E-state index in [0.717, 1.165) is 13.2 Å². The van der Waals surface area contributed by atoms with E-state index in [1.165, 1.54) is 25.7 Å². The first-order valence-corrected chi connectivity index (χ1v) is 5.32. The summed E-state index contributed by atoms with van der Waals surface area (Å²) in [5.74, 6) is 0. The highest BCUT2D eigenvalue weighted by Crippen LogP contribution is 2.19. The van der Waals surface area contributed by atoms with Gasteiger partial charge in [0.25, 0.3) is 0 Å². The van der Waals surface area contributed by atoms with Crippen LogP contribution in [0.25, 0.3) is 0 Å². The molecule has 0 aliphatic heterocycles. The van der Waals surface area contributed by atoms with Crippen molar-refractivity contribution in [1.82, 2.24) is 5.48 Å². The Morgan fingerprint density at radius 2 is 2.08 bits per heavy atom. The second-order valence-electron chi connectivity index (χ2n) is 3.70. The van der Waals surface area contributed by atoms with E-state index in [0.29, 0.717) is 12.1 Å². The highest BCUT2D eigenvalue weighted by atomic mass is 16.7. The van der Waals surface area contributed by atoms with E-state index >= 15 is 0 Å². The maximum atomic E-state index is 5.53. The summed E-state index contributed by atoms with van der Waals surface area (Å²) in [7, 11) is 0. The highest BCUT2D eigenvalue weighted by Gasteiger charge is 2.16. The van der Waals surface area contributed by atoms with E-state index in [2.05, 4.69) is 12.4 Å². The van der Waals surface area contributed by atoms with Crippen molar-refractivity contribution in [2.24, 2.45) is 0 Å². The molecule has 1 atom stereocenters. The zero-order chi connectivity index (χ0) is 9.52. The van der Waals surface area contributed by atoms with Crippen molar-refractivity contribution >= 4 is 0 Å². The van der Waals surface area contributed by atoms with Crippen molar-refractivity contribution in [3.05, 3.63) is 0 Å². The second-order valence-corrected chi connectivity index (χ2v) is 3.70. The molecule has 1 unspecified atom stereocenters. The Morgan fingerprint density at radius 1 is 1.38 bits per heavy atom. The minimum Gasteiger partial charge on any atom is -0.380 e. The van der Waals surface area contributed by atoms with Gasteiger partial charge in [0.2, 0.25) is 0 Å². The number of nitrogens with one attached hydrogen (secondary N) is 1. The van der Waals surface area contributed by atoms with Gasteiger partial charge in [-0.25, -0.2) is 0 Å². The summed E-state index contributed by atoms with van der Waals surface area (Å²) < 4.78 is 5.27. The molecule has 0 heterocycles. The summed E-state index contributed by atoms with van der Waals surface area (Å²) in [5, 5.41) is 0. The smallest absolute Gasteiger partial charge is 0.0790 e. The van der Waals surface area contributed by atoms with Crippen molar-refractivity contribution in [3.8, 4) is 0 Å². The molecule has 0 aromatic carbocycles. The summed E-state index contributed by atoms with van der Waals surface area (Å²) in [4.78, 5) is 5.53. The molecule has 0 radical (unpaired) electrons. The molecule has 1 N–H and O–H groups in total. The largest absolute Gasteiger partial charge is 0.380 e. The molecule has 1 aliphatic carbocycles. The van der Waals surface area contributed by atoms with Crippen LogP contribution in [0.3, 0.4) is 0 Å². The Bertz CT molecular complexity index is 124. The normalized spacial score (nSPS) is 20.8. The summed E-state index contributed by atoms with van der Waals surface area (Å²) >= 11 is 0. The fourth-order valence-corrected chi connectivity index (χ4v) is 1.55. The number of hydrogen-bond acceptors (Lipinski definition) is 3. The van der Waals surface area contributed by atoms with E-state index in [1.54, 1.807) is 0 Å². The number of hydroxylamine groups is 1. The predicted octanol–water partition coefficient (Wildman–Crippen LogP) is 1.88. The predicted molar refractivity (Wildman–Crippen MR) is 52.4 cm³/mol. The number of hydrogen-bond donors (Lipinski definition) is 1. The van der Waals surface area contributed by atoms with E-state index < -0.39 is 0 Å². The minimum atomic E-state index is 0.292. The standard InChI is InChI=1S/C10H21NO2/c1-3-12-8-9(2)11-13-10-6-4-5-7-10/h9-11H,3-8H2,1-2H3. The summed E-state index contributed by atoms with van der Waals surface area (Å²) in [6.07, 6.45) is 5.46. The van der Waals surface area contributed by atoms with E-state index in [9.17, 15) is 0 Å². The van der Waals surface area contributed by atoms with Gasteiger partial charge >= 0.3 is 0 Å². The highest BCUT2D eigenvalue weighted by molar-refractivity contribution is 4.66. The third kappa shape index (κ3) is 4.60. The van der Waals surface area contributed by atoms with Crippen molar-refractivity contribution in [2.45, 2.75) is 51.7 Å². The molecule has 1 aliphatic rings. The van der Waals surface area contributed by atoms with Crippen LogP contribution < -0.4 is 5.48 Å². The molecule has 78 valence electrons. The molecule has 0 aromatic rings. The van der Waals surface area contributed by atoms with Gasteiger partial charge in [0, 0.05) is 6.61 Å². The molecule has 3 nitrogen and oxygen atoms in total. The Hall–Kier alpha value is -0.120. The van der Waals surface area contributed by atoms with Crippen LogP contribution in [0.4, 0.5) is 0 Å². The molecule has 1 fully saturated rings. The first-order valence-electron chi connectivity index (χ1n) is 5.32. The quantitative estimate of drug-likeness (QED) is 0.644. The summed E-state index contributed by atoms with van der Waals surface area (Å²) in [5.41, 5.74) is 3.03. The lowest BCUT2D eigenvalue weighted by molar-refractivity contribution is -0.0515. The van der Waals surface area contributed by atoms with Crippen LogP contribution in [-0.4, -0.2) is 25.4 Å². The summed E-state index contributed by atoms with van der Waals surface area (Å²) in [6, 6.07) is 0.292. The fraction of sp³-hybridized carbons (Fsp3) is 1.00. The van der Waals surface area contributed by atoms with Gasteiger partial charge in [0.1, 0.15) is 0 Å². The fourth-order valence-electron chi connectivity index (χ4n) is 1.55. The molecular weight excluding hydrogens is 166 g/mol. The first-order chi connectivity index (χ1) is 6.33. The van der Waals surface area contributed by atoms with Crippen molar-refractivity contribution in [1.29, 1.82) is 0 Å². The Morgan fingerprint density at radius 3 is 2.69 bits per heavy atom. The SMILES string of the molecule is CCOCC(C)NOC1CCCC1. The lowest BCUT2D eigenvalue weighted by Crippen LogP contribution is -2.33. The zero-order valence-corrected chi connectivity index (χ0v) is 8.71. The van der Waals surface area contributed by atoms with Crippen molar-refractivity contribution < 1.29 is 9.57 Å². The van der Waals surface area contributed by atoms with E-state index in [4.69, 9.17) is 9.57 Å². The molecule has 0 aromatic heterocycles. The topological polar surface area (TPSA) is 30.5 Å². The van der Waals surface area contributed by atoms with Crippen LogP contribution in [0.15, 0.2) is 0 Å². The molecule has 1 rings (SSSR count). The molecule has 13 heavy (non-hydrogen) atoms. The first kappa shape index (κ1) is 11.0. The van der Waals surface area contributed by atoms with Gasteiger partial charge in [-0.15, -0.1) is 0 Å². The van der Waals surface area contributed by atoms with E-state index in [1.807, 2.05) is 6.92 Å². The maximum Gasteiger partial charge on any atom is 0.0790 e. The molecule has 1 saturated carbocycles. The molecular formula is C10H21NO2. The maximum absolute atomic E-state index is 5.53. The van der Waals surface area contributed by atoms with Crippen molar-refractivity contribution in [2.75, 3.05) is 13.2 Å². The third-order valence-corrected chi connectivity index (χ3v) is 2.31. The Balaban J connectivity index is 1.97. The van der Waals surface area contributed by atoms with Crippen LogP contribution >= 0.6 is 0 Å². The van der Waals surface area contributed by atoms with Gasteiger partial charge < -0.3 is 4.74 Å². The van der Waals surface area contributed by atoms with Gasteiger partial charge in [0.15, 0.2) is 0 Å². The number of rotatable bonds is 6. The van der Waals surface area contributed by atoms with Crippen molar-refractivity contribution in [3.63, 3.8) is 0 Å². The Kier molecular flexibility index (Phi) is 5.35. The van der Waals surface area contributed by atoms with Crippen LogP contribution in [0.5, 0.6) is 0 Å².